The second kappa shape index (κ2) is 11.1. The molecule has 0 atom stereocenters. The van der Waals surface area contributed by atoms with Crippen molar-refractivity contribution < 1.29 is 0 Å². The first kappa shape index (κ1) is 23.6. The van der Waals surface area contributed by atoms with Gasteiger partial charge in [0.25, 0.3) is 0 Å². The predicted molar refractivity (Wildman–Crippen MR) is 149 cm³/mol. The van der Waals surface area contributed by atoms with E-state index in [1.165, 1.54) is 11.1 Å². The topological polar surface area (TPSA) is 77.8 Å². The Kier molecular flexibility index (Phi) is 7.27. The monoisotopic (exact) mass is 470 g/mol. The van der Waals surface area contributed by atoms with E-state index in [1.807, 2.05) is 24.8 Å². The molecule has 5 rings (SSSR count). The molecule has 0 bridgehead atoms. The SMILES string of the molecule is NCCc1cccc(-c2cncc(-c3ccc(-c4cncc(-c5cccc(CCN)c5)c4)cc3)c2)c1. The highest BCUT2D eigenvalue weighted by molar-refractivity contribution is 5.76. The number of nitrogens with zero attached hydrogens (tertiary/aromatic N) is 2. The van der Waals surface area contributed by atoms with Gasteiger partial charge in [-0.05, 0) is 71.4 Å². The van der Waals surface area contributed by atoms with Gasteiger partial charge in [-0.2, -0.15) is 0 Å². The Morgan fingerprint density at radius 2 is 0.806 bits per heavy atom. The second-order valence-electron chi connectivity index (χ2n) is 8.98. The van der Waals surface area contributed by atoms with Gasteiger partial charge in [0, 0.05) is 47.0 Å². The van der Waals surface area contributed by atoms with Crippen LogP contribution in [0.15, 0.2) is 110 Å². The zero-order chi connectivity index (χ0) is 24.7. The molecule has 0 saturated carbocycles. The number of pyridine rings is 2. The standard InChI is InChI=1S/C32H30N4/c33-13-11-23-3-1-5-27(15-23)31-17-29(19-35-21-31)25-7-9-26(10-8-25)30-18-32(22-36-20-30)28-6-2-4-24(16-28)12-14-34/h1-10,15-22H,11-14,33-34H2. The first-order valence-corrected chi connectivity index (χ1v) is 12.3. The fourth-order valence-corrected chi connectivity index (χ4v) is 4.51. The van der Waals surface area contributed by atoms with Crippen LogP contribution in [-0.2, 0) is 12.8 Å². The lowest BCUT2D eigenvalue weighted by Gasteiger charge is -2.09. The van der Waals surface area contributed by atoms with Crippen molar-refractivity contribution in [2.24, 2.45) is 11.5 Å². The van der Waals surface area contributed by atoms with E-state index in [0.29, 0.717) is 13.1 Å². The Morgan fingerprint density at radius 3 is 1.19 bits per heavy atom. The van der Waals surface area contributed by atoms with Gasteiger partial charge in [0.1, 0.15) is 0 Å². The van der Waals surface area contributed by atoms with Crippen molar-refractivity contribution in [2.45, 2.75) is 12.8 Å². The number of hydrogen-bond acceptors (Lipinski definition) is 4. The zero-order valence-corrected chi connectivity index (χ0v) is 20.3. The maximum atomic E-state index is 5.74. The number of nitrogens with two attached hydrogens (primary N) is 2. The van der Waals surface area contributed by atoms with Gasteiger partial charge in [-0.25, -0.2) is 0 Å². The molecule has 36 heavy (non-hydrogen) atoms. The van der Waals surface area contributed by atoms with Gasteiger partial charge in [-0.1, -0.05) is 72.8 Å². The predicted octanol–water partition coefficient (Wildman–Crippen LogP) is 6.15. The smallest absolute Gasteiger partial charge is 0.0346 e. The van der Waals surface area contributed by atoms with E-state index in [2.05, 4.69) is 94.9 Å². The first-order chi connectivity index (χ1) is 17.7. The van der Waals surface area contributed by atoms with Gasteiger partial charge >= 0.3 is 0 Å². The molecule has 5 aromatic rings. The Balaban J connectivity index is 1.40. The van der Waals surface area contributed by atoms with E-state index < -0.39 is 0 Å². The van der Waals surface area contributed by atoms with Crippen LogP contribution in [0.2, 0.25) is 0 Å². The average Bonchev–Trinajstić information content (AvgIpc) is 2.94. The molecule has 3 aromatic carbocycles. The summed E-state index contributed by atoms with van der Waals surface area (Å²) < 4.78 is 0. The third-order valence-electron chi connectivity index (χ3n) is 6.41. The molecule has 0 aliphatic carbocycles. The second-order valence-corrected chi connectivity index (χ2v) is 8.98. The summed E-state index contributed by atoms with van der Waals surface area (Å²) in [4.78, 5) is 9.03. The normalized spacial score (nSPS) is 10.9. The average molecular weight is 471 g/mol. The number of aromatic nitrogens is 2. The van der Waals surface area contributed by atoms with Crippen LogP contribution in [0.1, 0.15) is 11.1 Å². The molecule has 0 aliphatic rings. The number of benzene rings is 3. The summed E-state index contributed by atoms with van der Waals surface area (Å²) in [7, 11) is 0. The summed E-state index contributed by atoms with van der Waals surface area (Å²) in [6.07, 6.45) is 9.41. The van der Waals surface area contributed by atoms with E-state index in [4.69, 9.17) is 11.5 Å². The molecule has 0 saturated heterocycles. The van der Waals surface area contributed by atoms with Crippen LogP contribution < -0.4 is 11.5 Å². The van der Waals surface area contributed by atoms with Crippen molar-refractivity contribution in [1.29, 1.82) is 0 Å². The summed E-state index contributed by atoms with van der Waals surface area (Å²) in [6, 6.07) is 30.0. The molecule has 2 heterocycles. The third-order valence-corrected chi connectivity index (χ3v) is 6.41. The minimum atomic E-state index is 0.646. The fraction of sp³-hybridized carbons (Fsp3) is 0.125. The van der Waals surface area contributed by atoms with Gasteiger partial charge in [-0.3, -0.25) is 9.97 Å². The van der Waals surface area contributed by atoms with Crippen LogP contribution in [-0.4, -0.2) is 23.1 Å². The fourth-order valence-electron chi connectivity index (χ4n) is 4.51. The van der Waals surface area contributed by atoms with Gasteiger partial charge in [0.15, 0.2) is 0 Å². The molecule has 0 spiro atoms. The Hall–Kier alpha value is -4.12. The zero-order valence-electron chi connectivity index (χ0n) is 20.3. The van der Waals surface area contributed by atoms with Crippen LogP contribution in [0.5, 0.6) is 0 Å². The van der Waals surface area contributed by atoms with Crippen LogP contribution in [0.4, 0.5) is 0 Å². The van der Waals surface area contributed by atoms with E-state index in [9.17, 15) is 0 Å². The highest BCUT2D eigenvalue weighted by Crippen LogP contribution is 2.30. The van der Waals surface area contributed by atoms with Gasteiger partial charge in [-0.15, -0.1) is 0 Å². The van der Waals surface area contributed by atoms with Crippen LogP contribution in [0, 0.1) is 0 Å². The Labute approximate surface area is 212 Å². The quantitative estimate of drug-likeness (QED) is 0.285. The molecular formula is C32H30N4. The maximum absolute atomic E-state index is 5.74. The largest absolute Gasteiger partial charge is 0.330 e. The Morgan fingerprint density at radius 1 is 0.417 bits per heavy atom. The molecular weight excluding hydrogens is 440 g/mol. The maximum Gasteiger partial charge on any atom is 0.0346 e. The summed E-state index contributed by atoms with van der Waals surface area (Å²) in [5.74, 6) is 0. The van der Waals surface area contributed by atoms with Crippen molar-refractivity contribution in [2.75, 3.05) is 13.1 Å². The first-order valence-electron chi connectivity index (χ1n) is 12.3. The molecule has 4 heteroatoms. The molecule has 0 radical (unpaired) electrons. The van der Waals surface area contributed by atoms with Gasteiger partial charge in [0.2, 0.25) is 0 Å². The summed E-state index contributed by atoms with van der Waals surface area (Å²) in [5.41, 5.74) is 22.9. The Bertz CT molecular complexity index is 1350. The lowest BCUT2D eigenvalue weighted by Crippen LogP contribution is -2.02. The number of rotatable bonds is 8. The summed E-state index contributed by atoms with van der Waals surface area (Å²) in [6.45, 7) is 1.29. The van der Waals surface area contributed by atoms with Gasteiger partial charge in [0.05, 0.1) is 0 Å². The number of hydrogen-bond donors (Lipinski definition) is 2. The minimum Gasteiger partial charge on any atom is -0.330 e. The van der Waals surface area contributed by atoms with Crippen LogP contribution in [0.3, 0.4) is 0 Å². The summed E-state index contributed by atoms with van der Waals surface area (Å²) >= 11 is 0. The van der Waals surface area contributed by atoms with E-state index in [0.717, 1.165) is 57.3 Å². The van der Waals surface area contributed by atoms with E-state index in [-0.39, 0.29) is 0 Å². The third kappa shape index (κ3) is 5.41. The highest BCUT2D eigenvalue weighted by Gasteiger charge is 2.07. The molecule has 0 aliphatic heterocycles. The van der Waals surface area contributed by atoms with Crippen molar-refractivity contribution in [3.05, 3.63) is 121 Å². The molecule has 2 aromatic heterocycles. The van der Waals surface area contributed by atoms with Crippen molar-refractivity contribution in [3.63, 3.8) is 0 Å². The van der Waals surface area contributed by atoms with E-state index in [1.54, 1.807) is 0 Å². The summed E-state index contributed by atoms with van der Waals surface area (Å²) in [5, 5.41) is 0. The van der Waals surface area contributed by atoms with Crippen molar-refractivity contribution in [1.82, 2.24) is 9.97 Å². The minimum absolute atomic E-state index is 0.646. The lowest BCUT2D eigenvalue weighted by atomic mass is 9.97. The molecule has 0 fully saturated rings. The van der Waals surface area contributed by atoms with Crippen molar-refractivity contribution in [3.8, 4) is 44.5 Å². The molecule has 4 nitrogen and oxygen atoms in total. The van der Waals surface area contributed by atoms with Gasteiger partial charge < -0.3 is 11.5 Å². The molecule has 0 amide bonds. The molecule has 4 N–H and O–H groups in total. The van der Waals surface area contributed by atoms with Crippen LogP contribution in [0.25, 0.3) is 44.5 Å². The molecule has 0 unspecified atom stereocenters. The lowest BCUT2D eigenvalue weighted by molar-refractivity contribution is 0.969. The van der Waals surface area contributed by atoms with Crippen LogP contribution >= 0.6 is 0 Å². The highest BCUT2D eigenvalue weighted by atomic mass is 14.6. The molecule has 178 valence electrons. The van der Waals surface area contributed by atoms with E-state index >= 15 is 0 Å². The van der Waals surface area contributed by atoms with Crippen molar-refractivity contribution >= 4 is 0 Å².